The molecule has 0 bridgehead atoms. The smallest absolute Gasteiger partial charge is 0.251 e. The van der Waals surface area contributed by atoms with Crippen LogP contribution in [0.25, 0.3) is 0 Å². The summed E-state index contributed by atoms with van der Waals surface area (Å²) in [6, 6.07) is 6.17. The first-order chi connectivity index (χ1) is 12.2. The lowest BCUT2D eigenvalue weighted by molar-refractivity contribution is 0.0942. The molecule has 1 unspecified atom stereocenters. The Kier molecular flexibility index (Phi) is 6.82. The maximum atomic E-state index is 12.8. The van der Waals surface area contributed by atoms with Crippen molar-refractivity contribution in [3.63, 3.8) is 0 Å². The average Bonchev–Trinajstić information content (AvgIpc) is 2.66. The lowest BCUT2D eigenvalue weighted by atomic mass is 9.94. The number of nitrogens with two attached hydrogens (primary N) is 1. The highest BCUT2D eigenvalue weighted by molar-refractivity contribution is 7.89. The van der Waals surface area contributed by atoms with Crippen molar-refractivity contribution in [2.45, 2.75) is 69.4 Å². The number of benzene rings is 1. The van der Waals surface area contributed by atoms with Gasteiger partial charge in [0, 0.05) is 30.2 Å². The van der Waals surface area contributed by atoms with Crippen LogP contribution in [0.5, 0.6) is 0 Å². The van der Waals surface area contributed by atoms with Crippen LogP contribution in [0.3, 0.4) is 0 Å². The normalized spacial score (nSPS) is 19.3. The molecule has 26 heavy (non-hydrogen) atoms. The van der Waals surface area contributed by atoms with E-state index in [0.717, 1.165) is 32.1 Å². The van der Waals surface area contributed by atoms with Gasteiger partial charge in [-0.2, -0.15) is 4.31 Å². The third kappa shape index (κ3) is 4.64. The zero-order valence-electron chi connectivity index (χ0n) is 16.0. The van der Waals surface area contributed by atoms with Crippen LogP contribution in [0.15, 0.2) is 29.2 Å². The fourth-order valence-corrected chi connectivity index (χ4v) is 4.90. The molecule has 1 saturated heterocycles. The topological polar surface area (TPSA) is 92.5 Å². The highest BCUT2D eigenvalue weighted by Gasteiger charge is 2.31. The van der Waals surface area contributed by atoms with E-state index in [1.54, 1.807) is 16.4 Å². The van der Waals surface area contributed by atoms with Gasteiger partial charge in [-0.3, -0.25) is 4.79 Å². The van der Waals surface area contributed by atoms with Gasteiger partial charge in [-0.15, -0.1) is 0 Å². The van der Waals surface area contributed by atoms with Gasteiger partial charge in [0.15, 0.2) is 0 Å². The largest absolute Gasteiger partial charge is 0.350 e. The summed E-state index contributed by atoms with van der Waals surface area (Å²) in [4.78, 5) is 12.5. The lowest BCUT2D eigenvalue weighted by Crippen LogP contribution is -2.49. The number of amides is 1. The average molecular weight is 382 g/mol. The van der Waals surface area contributed by atoms with Crippen molar-refractivity contribution in [1.29, 1.82) is 0 Å². The van der Waals surface area contributed by atoms with Crippen molar-refractivity contribution in [2.75, 3.05) is 13.1 Å². The molecule has 0 saturated carbocycles. The van der Waals surface area contributed by atoms with Crippen molar-refractivity contribution < 1.29 is 13.2 Å². The highest BCUT2D eigenvalue weighted by atomic mass is 32.2. The molecular formula is C19H31N3O3S. The summed E-state index contributed by atoms with van der Waals surface area (Å²) in [5.74, 6) is -0.239. The number of carbonyl (C=O) groups is 1. The molecule has 1 aliphatic rings. The second-order valence-electron chi connectivity index (χ2n) is 7.24. The van der Waals surface area contributed by atoms with Gasteiger partial charge in [0.25, 0.3) is 5.91 Å². The Morgan fingerprint density at radius 2 is 1.85 bits per heavy atom. The lowest BCUT2D eigenvalue weighted by Gasteiger charge is -2.32. The maximum Gasteiger partial charge on any atom is 0.251 e. The van der Waals surface area contributed by atoms with Gasteiger partial charge in [-0.25, -0.2) is 8.42 Å². The summed E-state index contributed by atoms with van der Waals surface area (Å²) >= 11 is 0. The monoisotopic (exact) mass is 381 g/mol. The molecule has 146 valence electrons. The molecule has 2 rings (SSSR count). The van der Waals surface area contributed by atoms with E-state index in [-0.39, 0.29) is 16.8 Å². The molecule has 1 amide bonds. The molecule has 6 nitrogen and oxygen atoms in total. The van der Waals surface area contributed by atoms with Gasteiger partial charge in [0.2, 0.25) is 10.0 Å². The van der Waals surface area contributed by atoms with Crippen LogP contribution in [0.4, 0.5) is 0 Å². The van der Waals surface area contributed by atoms with Gasteiger partial charge >= 0.3 is 0 Å². The molecule has 0 aromatic heterocycles. The minimum atomic E-state index is -3.52. The second kappa shape index (κ2) is 8.50. The first kappa shape index (κ1) is 20.9. The Hall–Kier alpha value is -1.44. The van der Waals surface area contributed by atoms with Crippen LogP contribution in [0, 0.1) is 0 Å². The van der Waals surface area contributed by atoms with Crippen LogP contribution in [-0.4, -0.2) is 43.3 Å². The van der Waals surface area contributed by atoms with E-state index in [2.05, 4.69) is 5.32 Å². The molecule has 0 radical (unpaired) electrons. The van der Waals surface area contributed by atoms with Crippen molar-refractivity contribution in [2.24, 2.45) is 5.73 Å². The molecule has 1 heterocycles. The third-order valence-corrected chi connectivity index (χ3v) is 7.50. The van der Waals surface area contributed by atoms with Crippen molar-refractivity contribution in [3.8, 4) is 0 Å². The first-order valence-corrected chi connectivity index (χ1v) is 10.9. The van der Waals surface area contributed by atoms with E-state index in [0.29, 0.717) is 18.7 Å². The summed E-state index contributed by atoms with van der Waals surface area (Å²) < 4.78 is 27.2. The fourth-order valence-electron chi connectivity index (χ4n) is 3.20. The predicted octanol–water partition coefficient (Wildman–Crippen LogP) is 2.50. The number of piperidine rings is 1. The molecule has 0 aliphatic carbocycles. The summed E-state index contributed by atoms with van der Waals surface area (Å²) in [7, 11) is -3.52. The Morgan fingerprint density at radius 1 is 1.23 bits per heavy atom. The van der Waals surface area contributed by atoms with E-state index < -0.39 is 15.6 Å². The highest BCUT2D eigenvalue weighted by Crippen LogP contribution is 2.25. The summed E-state index contributed by atoms with van der Waals surface area (Å²) in [5.41, 5.74) is 6.22. The van der Waals surface area contributed by atoms with E-state index in [4.69, 9.17) is 5.73 Å². The third-order valence-electron chi connectivity index (χ3n) is 5.47. The van der Waals surface area contributed by atoms with Crippen LogP contribution in [0.1, 0.15) is 63.2 Å². The van der Waals surface area contributed by atoms with E-state index in [1.807, 2.05) is 20.8 Å². The maximum absolute atomic E-state index is 12.8. The molecule has 3 N–H and O–H groups in total. The SMILES string of the molecule is CCC(N)(CC)CNC(=O)c1ccc(S(=O)(=O)N2CCCCC2C)cc1. The molecule has 0 spiro atoms. The molecular weight excluding hydrogens is 350 g/mol. The molecule has 1 fully saturated rings. The van der Waals surface area contributed by atoms with Crippen LogP contribution >= 0.6 is 0 Å². The van der Waals surface area contributed by atoms with Crippen LogP contribution < -0.4 is 11.1 Å². The number of sulfonamides is 1. The van der Waals surface area contributed by atoms with Crippen LogP contribution in [0.2, 0.25) is 0 Å². The summed E-state index contributed by atoms with van der Waals surface area (Å²) in [6.07, 6.45) is 4.38. The van der Waals surface area contributed by atoms with Crippen molar-refractivity contribution in [3.05, 3.63) is 29.8 Å². The van der Waals surface area contributed by atoms with Gasteiger partial charge < -0.3 is 11.1 Å². The van der Waals surface area contributed by atoms with Gasteiger partial charge in [0.1, 0.15) is 0 Å². The van der Waals surface area contributed by atoms with Gasteiger partial charge in [0.05, 0.1) is 4.90 Å². The number of nitrogens with zero attached hydrogens (tertiary/aromatic N) is 1. The summed E-state index contributed by atoms with van der Waals surface area (Å²) in [5, 5.41) is 2.85. The summed E-state index contributed by atoms with van der Waals surface area (Å²) in [6.45, 7) is 6.88. The van der Waals surface area contributed by atoms with E-state index >= 15 is 0 Å². The zero-order valence-corrected chi connectivity index (χ0v) is 16.8. The Morgan fingerprint density at radius 3 is 2.38 bits per heavy atom. The minimum absolute atomic E-state index is 0.0116. The Balaban J connectivity index is 2.09. The molecule has 7 heteroatoms. The minimum Gasteiger partial charge on any atom is -0.350 e. The number of hydrogen-bond donors (Lipinski definition) is 2. The molecule has 1 aromatic carbocycles. The van der Waals surface area contributed by atoms with Gasteiger partial charge in [-0.1, -0.05) is 20.3 Å². The van der Waals surface area contributed by atoms with E-state index in [9.17, 15) is 13.2 Å². The predicted molar refractivity (Wildman–Crippen MR) is 103 cm³/mol. The fraction of sp³-hybridized carbons (Fsp3) is 0.632. The molecule has 1 aromatic rings. The zero-order chi connectivity index (χ0) is 19.4. The standard InChI is InChI=1S/C19H31N3O3S/c1-4-19(20,5-2)14-21-18(23)16-9-11-17(12-10-16)26(24,25)22-13-7-6-8-15(22)3/h9-12,15H,4-8,13-14,20H2,1-3H3,(H,21,23). The Labute approximate surface area is 157 Å². The first-order valence-electron chi connectivity index (χ1n) is 9.42. The number of nitrogens with one attached hydrogen (secondary N) is 1. The van der Waals surface area contributed by atoms with Crippen molar-refractivity contribution >= 4 is 15.9 Å². The Bertz CT molecular complexity index is 712. The van der Waals surface area contributed by atoms with E-state index in [1.165, 1.54) is 12.1 Å². The number of carbonyl (C=O) groups excluding carboxylic acids is 1. The number of hydrogen-bond acceptors (Lipinski definition) is 4. The van der Waals surface area contributed by atoms with Crippen molar-refractivity contribution in [1.82, 2.24) is 9.62 Å². The second-order valence-corrected chi connectivity index (χ2v) is 9.13. The van der Waals surface area contributed by atoms with Gasteiger partial charge in [-0.05, 0) is 56.9 Å². The van der Waals surface area contributed by atoms with Crippen LogP contribution in [-0.2, 0) is 10.0 Å². The molecule has 1 aliphatic heterocycles. The number of rotatable bonds is 7. The quantitative estimate of drug-likeness (QED) is 0.759. The molecule has 1 atom stereocenters.